The summed E-state index contributed by atoms with van der Waals surface area (Å²) < 4.78 is 5.57. The van der Waals surface area contributed by atoms with Crippen LogP contribution in [0.1, 0.15) is 27.0 Å². The molecule has 146 valence electrons. The van der Waals surface area contributed by atoms with Gasteiger partial charge in [-0.3, -0.25) is 9.59 Å². The maximum Gasteiger partial charge on any atom is 0.265 e. The van der Waals surface area contributed by atoms with Gasteiger partial charge in [-0.1, -0.05) is 48.0 Å². The lowest BCUT2D eigenvalue weighted by Gasteiger charge is -2.30. The van der Waals surface area contributed by atoms with E-state index in [4.69, 9.17) is 4.74 Å². The Morgan fingerprint density at radius 1 is 1.03 bits per heavy atom. The molecule has 1 N–H and O–H groups in total. The minimum absolute atomic E-state index is 0.00633. The zero-order chi connectivity index (χ0) is 20.4. The van der Waals surface area contributed by atoms with Crippen LogP contribution >= 0.6 is 0 Å². The van der Waals surface area contributed by atoms with E-state index in [0.717, 1.165) is 22.4 Å². The molecule has 1 aliphatic rings. The monoisotopic (exact) mass is 386 g/mol. The lowest BCUT2D eigenvalue weighted by molar-refractivity contribution is -0.121. The highest BCUT2D eigenvalue weighted by Gasteiger charge is 2.26. The molecule has 1 aliphatic heterocycles. The molecule has 3 aromatic rings. The number of ether oxygens (including phenoxy) is 1. The first-order valence-corrected chi connectivity index (χ1v) is 9.51. The van der Waals surface area contributed by atoms with Crippen molar-refractivity contribution < 1.29 is 14.3 Å². The molecule has 0 saturated heterocycles. The molecule has 3 aromatic carbocycles. The minimum Gasteiger partial charge on any atom is -0.482 e. The Labute approximate surface area is 169 Å². The van der Waals surface area contributed by atoms with Gasteiger partial charge in [0.15, 0.2) is 6.61 Å². The molecule has 5 heteroatoms. The van der Waals surface area contributed by atoms with Crippen molar-refractivity contribution in [2.24, 2.45) is 0 Å². The summed E-state index contributed by atoms with van der Waals surface area (Å²) in [5.41, 5.74) is 5.01. The fourth-order valence-corrected chi connectivity index (χ4v) is 3.30. The van der Waals surface area contributed by atoms with Crippen LogP contribution in [0.15, 0.2) is 66.7 Å². The summed E-state index contributed by atoms with van der Waals surface area (Å²) >= 11 is 0. The molecule has 0 unspecified atom stereocenters. The van der Waals surface area contributed by atoms with Gasteiger partial charge < -0.3 is 15.0 Å². The van der Waals surface area contributed by atoms with Gasteiger partial charge >= 0.3 is 0 Å². The highest BCUT2D eigenvalue weighted by Crippen LogP contribution is 2.34. The van der Waals surface area contributed by atoms with Crippen molar-refractivity contribution in [2.45, 2.75) is 20.4 Å². The molecule has 0 spiro atoms. The predicted octanol–water partition coefficient (Wildman–Crippen LogP) is 4.48. The number of amides is 2. The summed E-state index contributed by atoms with van der Waals surface area (Å²) in [5, 5.41) is 2.93. The van der Waals surface area contributed by atoms with E-state index in [1.807, 2.05) is 62.4 Å². The smallest absolute Gasteiger partial charge is 0.265 e. The van der Waals surface area contributed by atoms with Crippen LogP contribution in [0.4, 0.5) is 11.4 Å². The first-order valence-electron chi connectivity index (χ1n) is 9.51. The number of anilines is 2. The average molecular weight is 386 g/mol. The normalized spacial score (nSPS) is 12.9. The number of rotatable bonds is 4. The standard InChI is InChI=1S/C24H22N2O3/c1-16-7-9-18(10-8-16)14-26-21-13-19(11-12-22(21)29-15-23(26)27)24(28)25-20-6-4-3-5-17(20)2/h3-13H,14-15H2,1-2H3,(H,25,28). The van der Waals surface area contributed by atoms with E-state index in [0.29, 0.717) is 23.5 Å². The largest absolute Gasteiger partial charge is 0.482 e. The number of hydrogen-bond donors (Lipinski definition) is 1. The molecule has 0 aromatic heterocycles. The summed E-state index contributed by atoms with van der Waals surface area (Å²) in [6, 6.07) is 20.8. The molecule has 5 nitrogen and oxygen atoms in total. The molecular formula is C24H22N2O3. The third-order valence-electron chi connectivity index (χ3n) is 5.02. The zero-order valence-electron chi connectivity index (χ0n) is 16.4. The Balaban J connectivity index is 1.62. The van der Waals surface area contributed by atoms with Gasteiger partial charge in [0, 0.05) is 11.3 Å². The molecule has 2 amide bonds. The van der Waals surface area contributed by atoms with Gasteiger partial charge in [-0.25, -0.2) is 0 Å². The number of fused-ring (bicyclic) bond motifs is 1. The summed E-state index contributed by atoms with van der Waals surface area (Å²) in [6.07, 6.45) is 0. The van der Waals surface area contributed by atoms with Crippen LogP contribution in [-0.4, -0.2) is 18.4 Å². The van der Waals surface area contributed by atoms with E-state index < -0.39 is 0 Å². The highest BCUT2D eigenvalue weighted by molar-refractivity contribution is 6.07. The zero-order valence-corrected chi connectivity index (χ0v) is 16.4. The maximum absolute atomic E-state index is 12.8. The van der Waals surface area contributed by atoms with Crippen LogP contribution in [-0.2, 0) is 11.3 Å². The van der Waals surface area contributed by atoms with Crippen molar-refractivity contribution in [3.05, 3.63) is 89.0 Å². The number of nitrogens with zero attached hydrogens (tertiary/aromatic N) is 1. The van der Waals surface area contributed by atoms with Crippen molar-refractivity contribution >= 4 is 23.2 Å². The molecule has 0 bridgehead atoms. The third kappa shape index (κ3) is 3.99. The topological polar surface area (TPSA) is 58.6 Å². The first kappa shape index (κ1) is 18.7. The highest BCUT2D eigenvalue weighted by atomic mass is 16.5. The number of carbonyl (C=O) groups is 2. The fourth-order valence-electron chi connectivity index (χ4n) is 3.30. The van der Waals surface area contributed by atoms with Gasteiger partial charge in [0.2, 0.25) is 0 Å². The van der Waals surface area contributed by atoms with Crippen molar-refractivity contribution in [2.75, 3.05) is 16.8 Å². The fraction of sp³-hybridized carbons (Fsp3) is 0.167. The number of carbonyl (C=O) groups excluding carboxylic acids is 2. The molecule has 0 radical (unpaired) electrons. The number of nitrogens with one attached hydrogen (secondary N) is 1. The van der Waals surface area contributed by atoms with Gasteiger partial charge in [0.05, 0.1) is 12.2 Å². The van der Waals surface area contributed by atoms with E-state index in [1.165, 1.54) is 0 Å². The van der Waals surface area contributed by atoms with Gasteiger partial charge in [-0.15, -0.1) is 0 Å². The molecule has 0 saturated carbocycles. The van der Waals surface area contributed by atoms with Crippen LogP contribution in [0.2, 0.25) is 0 Å². The van der Waals surface area contributed by atoms with Crippen LogP contribution < -0.4 is 15.0 Å². The second-order valence-corrected chi connectivity index (χ2v) is 7.21. The van der Waals surface area contributed by atoms with Crippen molar-refractivity contribution in [1.29, 1.82) is 0 Å². The molecule has 4 rings (SSSR count). The number of hydrogen-bond acceptors (Lipinski definition) is 3. The van der Waals surface area contributed by atoms with Gasteiger partial charge in [0.25, 0.3) is 11.8 Å². The SMILES string of the molecule is Cc1ccc(CN2C(=O)COc3ccc(C(=O)Nc4ccccc4C)cc32)cc1. The Hall–Kier alpha value is -3.60. The average Bonchev–Trinajstić information content (AvgIpc) is 2.73. The number of aryl methyl sites for hydroxylation is 2. The first-order chi connectivity index (χ1) is 14.0. The van der Waals surface area contributed by atoms with E-state index in [-0.39, 0.29) is 18.4 Å². The second kappa shape index (κ2) is 7.80. The molecule has 0 atom stereocenters. The van der Waals surface area contributed by atoms with E-state index in [9.17, 15) is 9.59 Å². The second-order valence-electron chi connectivity index (χ2n) is 7.21. The number of benzene rings is 3. The van der Waals surface area contributed by atoms with E-state index in [1.54, 1.807) is 23.1 Å². The Morgan fingerprint density at radius 3 is 2.55 bits per heavy atom. The van der Waals surface area contributed by atoms with Crippen LogP contribution in [0, 0.1) is 13.8 Å². The number of para-hydroxylation sites is 1. The quantitative estimate of drug-likeness (QED) is 0.719. The van der Waals surface area contributed by atoms with Crippen LogP contribution in [0.5, 0.6) is 5.75 Å². The summed E-state index contributed by atoms with van der Waals surface area (Å²) in [7, 11) is 0. The van der Waals surface area contributed by atoms with Crippen molar-refractivity contribution in [3.63, 3.8) is 0 Å². The van der Waals surface area contributed by atoms with Crippen molar-refractivity contribution in [1.82, 2.24) is 0 Å². The van der Waals surface area contributed by atoms with Crippen LogP contribution in [0.25, 0.3) is 0 Å². The molecule has 0 aliphatic carbocycles. The summed E-state index contributed by atoms with van der Waals surface area (Å²) in [6.45, 7) is 4.39. The molecule has 0 fully saturated rings. The summed E-state index contributed by atoms with van der Waals surface area (Å²) in [4.78, 5) is 27.0. The summed E-state index contributed by atoms with van der Waals surface area (Å²) in [5.74, 6) is 0.245. The van der Waals surface area contributed by atoms with E-state index in [2.05, 4.69) is 5.32 Å². The Bertz CT molecular complexity index is 1070. The Kier molecular flexibility index (Phi) is 5.04. The predicted molar refractivity (Wildman–Crippen MR) is 113 cm³/mol. The van der Waals surface area contributed by atoms with Gasteiger partial charge in [-0.2, -0.15) is 0 Å². The van der Waals surface area contributed by atoms with Gasteiger partial charge in [-0.05, 0) is 49.2 Å². The lowest BCUT2D eigenvalue weighted by atomic mass is 10.1. The van der Waals surface area contributed by atoms with Crippen LogP contribution in [0.3, 0.4) is 0 Å². The maximum atomic E-state index is 12.8. The molecule has 29 heavy (non-hydrogen) atoms. The van der Waals surface area contributed by atoms with Crippen molar-refractivity contribution in [3.8, 4) is 5.75 Å². The van der Waals surface area contributed by atoms with E-state index >= 15 is 0 Å². The minimum atomic E-state index is -0.226. The van der Waals surface area contributed by atoms with Gasteiger partial charge in [0.1, 0.15) is 5.75 Å². The molecule has 1 heterocycles. The third-order valence-corrected chi connectivity index (χ3v) is 5.02. The lowest BCUT2D eigenvalue weighted by Crippen LogP contribution is -2.38. The molecular weight excluding hydrogens is 364 g/mol. The Morgan fingerprint density at radius 2 is 1.79 bits per heavy atom.